The van der Waals surface area contributed by atoms with Gasteiger partial charge in [0.05, 0.1) is 16.1 Å². The molecule has 3 heteroatoms. The Hall–Kier alpha value is -1.69. The molecular weight excluding hydrogens is 377 g/mol. The van der Waals surface area contributed by atoms with Gasteiger partial charge in [0, 0.05) is 20.2 Å². The van der Waals surface area contributed by atoms with Crippen molar-refractivity contribution in [3.63, 3.8) is 0 Å². The minimum Gasteiger partial charge on any atom is -0.135 e. The molecular formula is C24H26SSi2. The summed E-state index contributed by atoms with van der Waals surface area (Å²) in [6, 6.07) is 18.7. The highest BCUT2D eigenvalue weighted by atomic mass is 32.1. The molecule has 0 amide bonds. The molecule has 0 aliphatic heterocycles. The predicted octanol–water partition coefficient (Wildman–Crippen LogP) is 6.89. The molecule has 0 radical (unpaired) electrons. The summed E-state index contributed by atoms with van der Waals surface area (Å²) in [5.41, 5.74) is 0. The summed E-state index contributed by atoms with van der Waals surface area (Å²) < 4.78 is 3.12. The molecule has 0 nitrogen and oxygen atoms in total. The molecule has 0 saturated heterocycles. The first-order valence-corrected chi connectivity index (χ1v) is 17.6. The Morgan fingerprint density at radius 3 is 1.30 bits per heavy atom. The molecule has 5 rings (SSSR count). The zero-order valence-corrected chi connectivity index (χ0v) is 19.8. The summed E-state index contributed by atoms with van der Waals surface area (Å²) in [6.45, 7) is 14.9. The molecule has 0 spiro atoms. The summed E-state index contributed by atoms with van der Waals surface area (Å²) in [4.78, 5) is 0. The first kappa shape index (κ1) is 17.4. The van der Waals surface area contributed by atoms with Crippen molar-refractivity contribution in [3.8, 4) is 0 Å². The van der Waals surface area contributed by atoms with E-state index in [9.17, 15) is 0 Å². The van der Waals surface area contributed by atoms with Crippen molar-refractivity contribution in [2.75, 3.05) is 0 Å². The van der Waals surface area contributed by atoms with Crippen molar-refractivity contribution in [2.45, 2.75) is 39.3 Å². The number of rotatable bonds is 2. The van der Waals surface area contributed by atoms with E-state index in [4.69, 9.17) is 0 Å². The predicted molar refractivity (Wildman–Crippen MR) is 131 cm³/mol. The van der Waals surface area contributed by atoms with Crippen LogP contribution in [0.25, 0.3) is 41.7 Å². The highest BCUT2D eigenvalue weighted by Gasteiger charge is 2.27. The molecule has 0 N–H and O–H groups in total. The Morgan fingerprint density at radius 2 is 0.926 bits per heavy atom. The topological polar surface area (TPSA) is 0 Å². The van der Waals surface area contributed by atoms with E-state index >= 15 is 0 Å². The van der Waals surface area contributed by atoms with Gasteiger partial charge in [-0.05, 0) is 31.9 Å². The molecule has 136 valence electrons. The van der Waals surface area contributed by atoms with Gasteiger partial charge in [-0.2, -0.15) is 0 Å². The maximum absolute atomic E-state index is 2.48. The van der Waals surface area contributed by atoms with Crippen LogP contribution < -0.4 is 10.4 Å². The molecule has 0 bridgehead atoms. The summed E-state index contributed by atoms with van der Waals surface area (Å²) in [7, 11) is -2.82. The molecule has 0 saturated carbocycles. The van der Waals surface area contributed by atoms with Crippen LogP contribution in [0.5, 0.6) is 0 Å². The van der Waals surface area contributed by atoms with Crippen LogP contribution in [0.4, 0.5) is 0 Å². The zero-order valence-electron chi connectivity index (χ0n) is 17.0. The zero-order chi connectivity index (χ0) is 19.1. The molecule has 0 aliphatic carbocycles. The number of hydrogen-bond donors (Lipinski definition) is 0. The third kappa shape index (κ3) is 2.38. The van der Waals surface area contributed by atoms with Gasteiger partial charge in [-0.25, -0.2) is 0 Å². The highest BCUT2D eigenvalue weighted by molar-refractivity contribution is 7.29. The van der Waals surface area contributed by atoms with Gasteiger partial charge in [-0.15, -0.1) is 11.3 Å². The van der Waals surface area contributed by atoms with E-state index in [1.165, 1.54) is 32.3 Å². The SMILES string of the molecule is C[Si](C)(C)c1ccc2c3ccccc3c3ccc([Si](C)(C)C)c4sc1c2c43. The van der Waals surface area contributed by atoms with E-state index in [1.807, 2.05) is 0 Å². The van der Waals surface area contributed by atoms with Crippen LogP contribution >= 0.6 is 11.3 Å². The molecule has 1 aromatic heterocycles. The third-order valence-electron chi connectivity index (χ3n) is 5.89. The maximum atomic E-state index is 2.48. The van der Waals surface area contributed by atoms with Crippen LogP contribution in [0.15, 0.2) is 48.5 Å². The van der Waals surface area contributed by atoms with Crippen molar-refractivity contribution < 1.29 is 0 Å². The summed E-state index contributed by atoms with van der Waals surface area (Å²) in [6.07, 6.45) is 0. The first-order valence-electron chi connectivity index (χ1n) is 9.81. The molecule has 0 unspecified atom stereocenters. The van der Waals surface area contributed by atoms with Crippen LogP contribution in [-0.2, 0) is 0 Å². The van der Waals surface area contributed by atoms with E-state index in [2.05, 4.69) is 99.1 Å². The molecule has 1 heterocycles. The second-order valence-corrected chi connectivity index (χ2v) is 21.0. The Bertz CT molecular complexity index is 1230. The lowest BCUT2D eigenvalue weighted by atomic mass is 9.94. The number of hydrogen-bond acceptors (Lipinski definition) is 1. The summed E-state index contributed by atoms with van der Waals surface area (Å²) in [5, 5.41) is 12.0. The fourth-order valence-electron chi connectivity index (χ4n) is 4.56. The average Bonchev–Trinajstić information content (AvgIpc) is 2.98. The van der Waals surface area contributed by atoms with E-state index < -0.39 is 16.1 Å². The van der Waals surface area contributed by atoms with Gasteiger partial charge in [0.25, 0.3) is 0 Å². The summed E-state index contributed by atoms with van der Waals surface area (Å²) in [5.74, 6) is 0. The third-order valence-corrected chi connectivity index (χ3v) is 11.6. The Balaban J connectivity index is 2.14. The Morgan fingerprint density at radius 1 is 0.519 bits per heavy atom. The average molecular weight is 403 g/mol. The van der Waals surface area contributed by atoms with E-state index in [-0.39, 0.29) is 0 Å². The lowest BCUT2D eigenvalue weighted by molar-refractivity contribution is 1.75. The number of benzene rings is 4. The van der Waals surface area contributed by atoms with E-state index in [0.29, 0.717) is 0 Å². The Kier molecular flexibility index (Phi) is 3.51. The minimum absolute atomic E-state index is 1.40. The largest absolute Gasteiger partial charge is 0.135 e. The highest BCUT2D eigenvalue weighted by Crippen LogP contribution is 2.44. The van der Waals surface area contributed by atoms with Crippen LogP contribution in [-0.4, -0.2) is 16.1 Å². The van der Waals surface area contributed by atoms with E-state index in [1.54, 1.807) is 19.8 Å². The first-order chi connectivity index (χ1) is 12.7. The van der Waals surface area contributed by atoms with Crippen LogP contribution in [0, 0.1) is 0 Å². The normalized spacial score (nSPS) is 13.6. The van der Waals surface area contributed by atoms with Gasteiger partial charge < -0.3 is 0 Å². The second-order valence-electron chi connectivity index (χ2n) is 9.88. The molecule has 4 aromatic carbocycles. The minimum atomic E-state index is -1.41. The van der Waals surface area contributed by atoms with Gasteiger partial charge >= 0.3 is 0 Å². The standard InChI is InChI=1S/C24H26SSi2/c1-26(2,3)19-13-11-17-15-9-7-8-10-16(15)18-12-14-20(27(4,5)6)24-22(18)21(17)23(19)25-24/h7-14H,1-6H3. The molecule has 27 heavy (non-hydrogen) atoms. The van der Waals surface area contributed by atoms with Crippen molar-refractivity contribution in [2.24, 2.45) is 0 Å². The lowest BCUT2D eigenvalue weighted by Crippen LogP contribution is -2.37. The van der Waals surface area contributed by atoms with Crippen LogP contribution in [0.1, 0.15) is 0 Å². The molecule has 0 atom stereocenters. The second kappa shape index (κ2) is 5.43. The Labute approximate surface area is 167 Å². The fraction of sp³-hybridized carbons (Fsp3) is 0.250. The maximum Gasteiger partial charge on any atom is 0.0794 e. The number of thiophene rings is 1. The molecule has 5 aromatic rings. The van der Waals surface area contributed by atoms with Crippen molar-refractivity contribution in [1.82, 2.24) is 0 Å². The van der Waals surface area contributed by atoms with E-state index in [0.717, 1.165) is 0 Å². The van der Waals surface area contributed by atoms with Gasteiger partial charge in [-0.3, -0.25) is 0 Å². The monoisotopic (exact) mass is 402 g/mol. The van der Waals surface area contributed by atoms with Gasteiger partial charge in [0.1, 0.15) is 0 Å². The van der Waals surface area contributed by atoms with Crippen molar-refractivity contribution >= 4 is 79.6 Å². The fourth-order valence-corrected chi connectivity index (χ4v) is 10.7. The summed E-state index contributed by atoms with van der Waals surface area (Å²) >= 11 is 2.08. The van der Waals surface area contributed by atoms with Gasteiger partial charge in [0.2, 0.25) is 0 Å². The van der Waals surface area contributed by atoms with Crippen LogP contribution in [0.2, 0.25) is 39.3 Å². The van der Waals surface area contributed by atoms with Crippen molar-refractivity contribution in [3.05, 3.63) is 48.5 Å². The molecule has 0 fully saturated rings. The quantitative estimate of drug-likeness (QED) is 0.223. The lowest BCUT2D eigenvalue weighted by Gasteiger charge is -2.19. The smallest absolute Gasteiger partial charge is 0.0794 e. The van der Waals surface area contributed by atoms with Gasteiger partial charge in [-0.1, -0.05) is 87.8 Å². The van der Waals surface area contributed by atoms with Crippen LogP contribution in [0.3, 0.4) is 0 Å². The van der Waals surface area contributed by atoms with Gasteiger partial charge in [0.15, 0.2) is 0 Å². The van der Waals surface area contributed by atoms with Crippen molar-refractivity contribution in [1.29, 1.82) is 0 Å². The molecule has 0 aliphatic rings. The number of fused-ring (bicyclic) bond motifs is 3.